The monoisotopic (exact) mass is 400 g/mol. The van der Waals surface area contributed by atoms with Crippen molar-refractivity contribution in [1.29, 1.82) is 0 Å². The molecular weight excluding hydrogens is 371 g/mol. The number of ketones is 1. The molecule has 21 heavy (non-hydrogen) atoms. The normalized spacial score (nSPS) is 23.5. The van der Waals surface area contributed by atoms with E-state index in [9.17, 15) is 9.59 Å². The summed E-state index contributed by atoms with van der Waals surface area (Å²) in [6.45, 7) is 6.22. The number of carbonyl (C=O) groups excluding carboxylic acids is 2. The maximum absolute atomic E-state index is 12.4. The molecule has 1 aliphatic carbocycles. The Morgan fingerprint density at radius 3 is 2.43 bits per heavy atom. The zero-order chi connectivity index (χ0) is 16.4. The van der Waals surface area contributed by atoms with Gasteiger partial charge in [-0.15, -0.1) is 0 Å². The molecule has 0 amide bonds. The van der Waals surface area contributed by atoms with E-state index < -0.39 is 23.8 Å². The molecular formula is C17H28O3Sn. The van der Waals surface area contributed by atoms with Gasteiger partial charge in [-0.3, -0.25) is 0 Å². The zero-order valence-corrected chi connectivity index (χ0v) is 17.2. The summed E-state index contributed by atoms with van der Waals surface area (Å²) in [6.07, 6.45) is 4.67. The van der Waals surface area contributed by atoms with Gasteiger partial charge in [0, 0.05) is 0 Å². The van der Waals surface area contributed by atoms with E-state index in [4.69, 9.17) is 4.74 Å². The van der Waals surface area contributed by atoms with Gasteiger partial charge in [0.25, 0.3) is 0 Å². The van der Waals surface area contributed by atoms with Gasteiger partial charge in [-0.25, -0.2) is 0 Å². The molecule has 0 aromatic rings. The third kappa shape index (κ3) is 3.99. The van der Waals surface area contributed by atoms with Crippen LogP contribution in [0, 0.1) is 11.3 Å². The van der Waals surface area contributed by atoms with Crippen molar-refractivity contribution in [1.82, 2.24) is 0 Å². The third-order valence-corrected chi connectivity index (χ3v) is 11.8. The summed E-state index contributed by atoms with van der Waals surface area (Å²) >= 11 is -2.10. The molecule has 3 nitrogen and oxygen atoms in total. The Morgan fingerprint density at radius 1 is 1.43 bits per heavy atom. The van der Waals surface area contributed by atoms with Crippen LogP contribution in [-0.4, -0.2) is 37.2 Å². The fourth-order valence-electron chi connectivity index (χ4n) is 2.77. The summed E-state index contributed by atoms with van der Waals surface area (Å²) < 4.78 is 6.47. The molecule has 0 aromatic heterocycles. The molecule has 0 aliphatic heterocycles. The number of allylic oxidation sites excluding steroid dienone is 3. The van der Waals surface area contributed by atoms with Crippen LogP contribution in [0.4, 0.5) is 0 Å². The third-order valence-electron chi connectivity index (χ3n) is 4.48. The van der Waals surface area contributed by atoms with Crippen LogP contribution >= 0.6 is 0 Å². The van der Waals surface area contributed by atoms with Gasteiger partial charge in [-0.2, -0.15) is 0 Å². The fraction of sp³-hybridized carbons (Fsp3) is 0.647. The SMILES string of the molecule is COC(=O)C1(C/C=[C](\C)[Sn]([CH3])([CH3])[CH3])CC(=O)C=C1C(C)C. The van der Waals surface area contributed by atoms with Crippen molar-refractivity contribution in [3.05, 3.63) is 21.3 Å². The van der Waals surface area contributed by atoms with Crippen molar-refractivity contribution in [3.63, 3.8) is 0 Å². The summed E-state index contributed by atoms with van der Waals surface area (Å²) in [5.74, 6) is -0.0710. The molecule has 0 saturated carbocycles. The van der Waals surface area contributed by atoms with E-state index in [0.717, 1.165) is 5.57 Å². The van der Waals surface area contributed by atoms with Gasteiger partial charge in [0.2, 0.25) is 0 Å². The van der Waals surface area contributed by atoms with E-state index in [1.807, 2.05) is 13.8 Å². The first-order chi connectivity index (χ1) is 9.54. The molecule has 1 rings (SSSR count). The molecule has 0 saturated heterocycles. The Balaban J connectivity index is 3.22. The van der Waals surface area contributed by atoms with Gasteiger partial charge >= 0.3 is 133 Å². The molecule has 4 heteroatoms. The Bertz CT molecular complexity index is 495. The van der Waals surface area contributed by atoms with Crippen molar-refractivity contribution in [2.45, 2.75) is 48.4 Å². The van der Waals surface area contributed by atoms with Crippen LogP contribution in [0.2, 0.25) is 14.8 Å². The molecule has 0 aromatic carbocycles. The summed E-state index contributed by atoms with van der Waals surface area (Å²) in [4.78, 5) is 31.4. The summed E-state index contributed by atoms with van der Waals surface area (Å²) in [7, 11) is 1.41. The van der Waals surface area contributed by atoms with Gasteiger partial charge in [-0.1, -0.05) is 0 Å². The maximum atomic E-state index is 12.4. The molecule has 118 valence electrons. The van der Waals surface area contributed by atoms with Crippen molar-refractivity contribution in [2.24, 2.45) is 11.3 Å². The molecule has 0 spiro atoms. The second-order valence-corrected chi connectivity index (χ2v) is 22.4. The first-order valence-corrected chi connectivity index (χ1v) is 17.5. The van der Waals surface area contributed by atoms with Gasteiger partial charge in [-0.05, 0) is 0 Å². The van der Waals surface area contributed by atoms with Gasteiger partial charge in [0.1, 0.15) is 0 Å². The molecule has 0 bridgehead atoms. The average Bonchev–Trinajstić information content (AvgIpc) is 2.72. The van der Waals surface area contributed by atoms with E-state index in [0.29, 0.717) is 6.42 Å². The number of hydrogen-bond donors (Lipinski definition) is 0. The standard InChI is InChI=1S/C14H19O3.3CH3.Sn/c1-5-6-7-14(13(16)17-4)9-11(15)8-12(14)10(2)3;;;;/h6,8,10H,7,9H2,1-4H3;3*1H3;. The molecule has 0 heterocycles. The van der Waals surface area contributed by atoms with Gasteiger partial charge < -0.3 is 0 Å². The Hall–Kier alpha value is -0.581. The number of methoxy groups -OCH3 is 1. The molecule has 0 fully saturated rings. The minimum absolute atomic E-state index is 0.0365. The van der Waals surface area contributed by atoms with Crippen molar-refractivity contribution < 1.29 is 14.3 Å². The Morgan fingerprint density at radius 2 is 2.00 bits per heavy atom. The number of esters is 1. The first-order valence-electron chi connectivity index (χ1n) is 7.55. The van der Waals surface area contributed by atoms with Crippen LogP contribution in [0.1, 0.15) is 33.6 Å². The van der Waals surface area contributed by atoms with E-state index >= 15 is 0 Å². The first kappa shape index (κ1) is 18.5. The van der Waals surface area contributed by atoms with Crippen LogP contribution < -0.4 is 0 Å². The summed E-state index contributed by atoms with van der Waals surface area (Å²) in [5, 5.41) is 0. The number of rotatable bonds is 5. The van der Waals surface area contributed by atoms with Crippen LogP contribution in [0.3, 0.4) is 0 Å². The molecule has 0 radical (unpaired) electrons. The molecule has 0 N–H and O–H groups in total. The minimum atomic E-state index is -2.10. The zero-order valence-electron chi connectivity index (χ0n) is 14.4. The number of hydrogen-bond acceptors (Lipinski definition) is 3. The van der Waals surface area contributed by atoms with E-state index in [2.05, 4.69) is 27.8 Å². The molecule has 1 unspecified atom stereocenters. The topological polar surface area (TPSA) is 43.4 Å². The van der Waals surface area contributed by atoms with Gasteiger partial charge in [0.15, 0.2) is 0 Å². The van der Waals surface area contributed by atoms with Crippen LogP contribution in [0.25, 0.3) is 0 Å². The van der Waals surface area contributed by atoms with Crippen LogP contribution in [0.15, 0.2) is 21.3 Å². The van der Waals surface area contributed by atoms with Crippen LogP contribution in [0.5, 0.6) is 0 Å². The van der Waals surface area contributed by atoms with Crippen molar-refractivity contribution >= 4 is 30.1 Å². The van der Waals surface area contributed by atoms with E-state index in [1.54, 1.807) is 6.08 Å². The Labute approximate surface area is 132 Å². The molecule has 1 atom stereocenters. The average molecular weight is 399 g/mol. The second kappa shape index (κ2) is 6.67. The predicted octanol–water partition coefficient (Wildman–Crippen LogP) is 3.91. The summed E-state index contributed by atoms with van der Waals surface area (Å²) in [5.41, 5.74) is 0.144. The Kier molecular flexibility index (Phi) is 5.87. The number of carbonyl (C=O) groups is 2. The summed E-state index contributed by atoms with van der Waals surface area (Å²) in [6, 6.07) is 0. The van der Waals surface area contributed by atoms with Gasteiger partial charge in [0.05, 0.1) is 0 Å². The number of ether oxygens (including phenoxy) is 1. The van der Waals surface area contributed by atoms with Crippen LogP contribution in [-0.2, 0) is 14.3 Å². The van der Waals surface area contributed by atoms with E-state index in [1.165, 1.54) is 10.7 Å². The van der Waals surface area contributed by atoms with Crippen molar-refractivity contribution in [2.75, 3.05) is 7.11 Å². The fourth-order valence-corrected chi connectivity index (χ4v) is 4.81. The predicted molar refractivity (Wildman–Crippen MR) is 88.7 cm³/mol. The van der Waals surface area contributed by atoms with Crippen molar-refractivity contribution in [3.8, 4) is 0 Å². The second-order valence-electron chi connectivity index (χ2n) is 7.31. The van der Waals surface area contributed by atoms with E-state index in [-0.39, 0.29) is 24.1 Å². The molecule has 1 aliphatic rings. The quantitative estimate of drug-likeness (QED) is 0.520.